The Morgan fingerprint density at radius 1 is 1.08 bits per heavy atom. The van der Waals surface area contributed by atoms with Crippen LogP contribution in [0, 0.1) is 13.8 Å². The van der Waals surface area contributed by atoms with Crippen molar-refractivity contribution < 1.29 is 17.5 Å². The highest BCUT2D eigenvalue weighted by molar-refractivity contribution is 6.17. The maximum absolute atomic E-state index is 7.54. The molecule has 0 atom stereocenters. The number of hydrogen-bond donors (Lipinski definition) is 0. The zero-order valence-corrected chi connectivity index (χ0v) is 13.8. The van der Waals surface area contributed by atoms with E-state index in [0.29, 0.717) is 5.78 Å². The van der Waals surface area contributed by atoms with Crippen LogP contribution >= 0.6 is 0 Å². The molecular weight excluding hydrogens is 312 g/mol. The summed E-state index contributed by atoms with van der Waals surface area (Å²) in [6, 6.07) is 11.9. The van der Waals surface area contributed by atoms with Gasteiger partial charge in [0.2, 0.25) is 5.69 Å². The van der Waals surface area contributed by atoms with Gasteiger partial charge in [0.1, 0.15) is 23.9 Å². The monoisotopic (exact) mass is 332 g/mol. The van der Waals surface area contributed by atoms with Crippen LogP contribution in [0.5, 0.6) is 0 Å². The van der Waals surface area contributed by atoms with Crippen molar-refractivity contribution in [2.24, 2.45) is 7.05 Å². The van der Waals surface area contributed by atoms with E-state index in [1.807, 2.05) is 44.3 Å². The minimum atomic E-state index is -2.23. The largest absolute Gasteiger partial charge is 0.425 e. The zero-order valence-electron chi connectivity index (χ0n) is 16.8. The van der Waals surface area contributed by atoms with Crippen LogP contribution in [0.1, 0.15) is 15.4 Å². The molecule has 0 spiro atoms. The lowest BCUT2D eigenvalue weighted by Crippen LogP contribution is -2.31. The number of aromatic nitrogens is 2. The summed E-state index contributed by atoms with van der Waals surface area (Å²) in [5.74, 6) is 0.507. The van der Waals surface area contributed by atoms with Gasteiger partial charge in [0.15, 0.2) is 6.20 Å². The van der Waals surface area contributed by atoms with Crippen molar-refractivity contribution in [2.45, 2.75) is 13.8 Å². The first-order valence-electron chi connectivity index (χ1n) is 9.54. The molecule has 5 aromatic rings. The highest BCUT2D eigenvalue weighted by Crippen LogP contribution is 2.39. The molecule has 0 aliphatic heterocycles. The summed E-state index contributed by atoms with van der Waals surface area (Å²) in [5.41, 5.74) is 4.38. The van der Waals surface area contributed by atoms with Crippen molar-refractivity contribution in [1.29, 1.82) is 0 Å². The number of fused-ring (bicyclic) bond motifs is 5. The van der Waals surface area contributed by atoms with E-state index in [4.69, 9.17) is 12.9 Å². The molecule has 0 saturated heterocycles. The molecule has 4 nitrogen and oxygen atoms in total. The third-order valence-electron chi connectivity index (χ3n) is 4.66. The Labute approximate surface area is 148 Å². The van der Waals surface area contributed by atoms with Gasteiger partial charge < -0.3 is 8.83 Å². The summed E-state index contributed by atoms with van der Waals surface area (Å²) < 4.78 is 36.2. The predicted octanol–water partition coefficient (Wildman–Crippen LogP) is 4.84. The number of benzene rings is 2. The first-order chi connectivity index (χ1) is 13.3. The van der Waals surface area contributed by atoms with Gasteiger partial charge in [-0.25, -0.2) is 4.98 Å². The first-order valence-corrected chi connectivity index (χ1v) is 8.04. The SMILES string of the molecule is [2H]C([2H])([2H])c1c[n+](C)c(-c2cc3oc4oc5ccccc5c4c3cc2C)cn1. The number of furan rings is 2. The van der Waals surface area contributed by atoms with Crippen molar-refractivity contribution in [3.63, 3.8) is 0 Å². The molecule has 0 radical (unpaired) electrons. The van der Waals surface area contributed by atoms with Crippen LogP contribution in [0.3, 0.4) is 0 Å². The number of nitrogens with zero attached hydrogens (tertiary/aromatic N) is 2. The fourth-order valence-electron chi connectivity index (χ4n) is 3.46. The van der Waals surface area contributed by atoms with Crippen molar-refractivity contribution in [3.8, 4) is 11.3 Å². The summed E-state index contributed by atoms with van der Waals surface area (Å²) in [4.78, 5) is 4.15. The quantitative estimate of drug-likeness (QED) is 0.413. The average Bonchev–Trinajstić information content (AvgIpc) is 3.16. The molecule has 0 aliphatic rings. The van der Waals surface area contributed by atoms with Gasteiger partial charge >= 0.3 is 0 Å². The summed E-state index contributed by atoms with van der Waals surface area (Å²) in [6.45, 7) is -0.213. The second-order valence-electron chi connectivity index (χ2n) is 6.29. The Morgan fingerprint density at radius 3 is 2.76 bits per heavy atom. The molecular formula is C21H17N2O2+. The van der Waals surface area contributed by atoms with Gasteiger partial charge in [0.25, 0.3) is 5.78 Å². The van der Waals surface area contributed by atoms with Crippen LogP contribution in [0.25, 0.3) is 44.4 Å². The Morgan fingerprint density at radius 2 is 1.92 bits per heavy atom. The topological polar surface area (TPSA) is 43.0 Å². The van der Waals surface area contributed by atoms with Gasteiger partial charge in [-0.3, -0.25) is 0 Å². The second-order valence-corrected chi connectivity index (χ2v) is 6.29. The van der Waals surface area contributed by atoms with Crippen molar-refractivity contribution in [2.75, 3.05) is 0 Å². The van der Waals surface area contributed by atoms with E-state index in [1.165, 1.54) is 0 Å². The molecule has 122 valence electrons. The van der Waals surface area contributed by atoms with Crippen molar-refractivity contribution in [3.05, 3.63) is 60.0 Å². The first kappa shape index (κ1) is 11.4. The molecule has 5 rings (SSSR count). The minimum Gasteiger partial charge on any atom is -0.425 e. The van der Waals surface area contributed by atoms with Gasteiger partial charge in [-0.1, -0.05) is 18.2 Å². The Bertz CT molecular complexity index is 1380. The van der Waals surface area contributed by atoms with E-state index < -0.39 is 6.85 Å². The summed E-state index contributed by atoms with van der Waals surface area (Å²) in [6.07, 6.45) is 3.14. The molecule has 0 unspecified atom stereocenters. The maximum atomic E-state index is 7.54. The highest BCUT2D eigenvalue weighted by atomic mass is 16.5. The summed E-state index contributed by atoms with van der Waals surface area (Å²) in [5, 5.41) is 2.99. The van der Waals surface area contributed by atoms with E-state index in [1.54, 1.807) is 17.0 Å². The van der Waals surface area contributed by atoms with E-state index >= 15 is 0 Å². The lowest BCUT2D eigenvalue weighted by Gasteiger charge is -2.04. The molecule has 4 heteroatoms. The van der Waals surface area contributed by atoms with Crippen molar-refractivity contribution in [1.82, 2.24) is 4.98 Å². The summed E-state index contributed by atoms with van der Waals surface area (Å²) in [7, 11) is 1.82. The van der Waals surface area contributed by atoms with Crippen LogP contribution in [-0.2, 0) is 7.05 Å². The van der Waals surface area contributed by atoms with E-state index in [0.717, 1.165) is 44.1 Å². The number of para-hydroxylation sites is 1. The zero-order chi connectivity index (χ0) is 19.6. The van der Waals surface area contributed by atoms with Crippen LogP contribution in [0.4, 0.5) is 0 Å². The molecule has 0 bridgehead atoms. The van der Waals surface area contributed by atoms with Crippen LogP contribution in [0.2, 0.25) is 0 Å². The van der Waals surface area contributed by atoms with Crippen LogP contribution < -0.4 is 4.57 Å². The second kappa shape index (κ2) is 4.93. The van der Waals surface area contributed by atoms with E-state index in [9.17, 15) is 0 Å². The highest BCUT2D eigenvalue weighted by Gasteiger charge is 2.20. The summed E-state index contributed by atoms with van der Waals surface area (Å²) >= 11 is 0. The maximum Gasteiger partial charge on any atom is 0.299 e. The molecule has 0 fully saturated rings. The van der Waals surface area contributed by atoms with Crippen LogP contribution in [-0.4, -0.2) is 4.98 Å². The van der Waals surface area contributed by atoms with Gasteiger partial charge in [-0.2, -0.15) is 4.57 Å². The van der Waals surface area contributed by atoms with Gasteiger partial charge in [-0.15, -0.1) is 0 Å². The van der Waals surface area contributed by atoms with Crippen molar-refractivity contribution >= 4 is 33.1 Å². The normalized spacial score (nSPS) is 14.1. The molecule has 3 heterocycles. The van der Waals surface area contributed by atoms with E-state index in [2.05, 4.69) is 11.1 Å². The molecule has 25 heavy (non-hydrogen) atoms. The Hall–Kier alpha value is -3.14. The number of aryl methyl sites for hydroxylation is 3. The smallest absolute Gasteiger partial charge is 0.299 e. The Kier molecular flexibility index (Phi) is 2.25. The Balaban J connectivity index is 1.73. The fraction of sp³-hybridized carbons (Fsp3) is 0.143. The molecule has 3 aromatic heterocycles. The van der Waals surface area contributed by atoms with Gasteiger partial charge in [0, 0.05) is 14.9 Å². The van der Waals surface area contributed by atoms with Crippen LogP contribution in [0.15, 0.2) is 57.6 Å². The van der Waals surface area contributed by atoms with Gasteiger partial charge in [-0.05, 0) is 37.5 Å². The molecule has 0 N–H and O–H groups in total. The molecule has 0 aliphatic carbocycles. The third kappa shape index (κ3) is 2.00. The lowest BCUT2D eigenvalue weighted by molar-refractivity contribution is -0.661. The fourth-order valence-corrected chi connectivity index (χ4v) is 3.46. The average molecular weight is 332 g/mol. The third-order valence-corrected chi connectivity index (χ3v) is 4.66. The molecule has 0 amide bonds. The number of hydrogen-bond acceptors (Lipinski definition) is 3. The lowest BCUT2D eigenvalue weighted by atomic mass is 10.0. The minimum absolute atomic E-state index is 0.0689. The predicted molar refractivity (Wildman–Crippen MR) is 97.4 cm³/mol. The van der Waals surface area contributed by atoms with Gasteiger partial charge in [0.05, 0.1) is 17.1 Å². The molecule has 0 saturated carbocycles. The molecule has 2 aromatic carbocycles. The number of rotatable bonds is 1. The van der Waals surface area contributed by atoms with E-state index in [-0.39, 0.29) is 5.69 Å². The standard InChI is InChI=1S/C21H17N2O2/c1-12-8-16-19(9-15(12)17-10-22-13(2)11-23(17)3)25-21-20(16)14-6-4-5-7-18(14)24-21/h4-11H,1-3H3/q+1/i2D3.